The summed E-state index contributed by atoms with van der Waals surface area (Å²) in [6, 6.07) is 7.03. The highest BCUT2D eigenvalue weighted by Gasteiger charge is 2.07. The molecule has 1 aromatic rings. The van der Waals surface area contributed by atoms with Crippen molar-refractivity contribution in [2.24, 2.45) is 5.92 Å². The molecule has 0 atom stereocenters. The van der Waals surface area contributed by atoms with Gasteiger partial charge in [0.1, 0.15) is 5.75 Å². The maximum Gasteiger partial charge on any atom is 0.321 e. The van der Waals surface area contributed by atoms with Gasteiger partial charge in [0.05, 0.1) is 13.2 Å². The van der Waals surface area contributed by atoms with E-state index in [4.69, 9.17) is 9.84 Å². The largest absolute Gasteiger partial charge is 0.494 e. The number of hydrogen-bond acceptors (Lipinski definition) is 3. The number of hydrogen-bond donors (Lipinski definition) is 2. The third kappa shape index (κ3) is 5.93. The molecule has 0 aliphatic carbocycles. The van der Waals surface area contributed by atoms with Crippen LogP contribution in [0.1, 0.15) is 20.3 Å². The molecular weight excluding hydrogens is 256 g/mol. The summed E-state index contributed by atoms with van der Waals surface area (Å²) in [5.41, 5.74) is 0.705. The highest BCUT2D eigenvalue weighted by atomic mass is 16.5. The molecule has 0 aliphatic heterocycles. The molecule has 5 heteroatoms. The smallest absolute Gasteiger partial charge is 0.321 e. The molecule has 1 rings (SSSR count). The lowest BCUT2D eigenvalue weighted by atomic mass is 10.1. The molecule has 112 valence electrons. The molecule has 0 spiro atoms. The normalized spacial score (nSPS) is 10.4. The average Bonchev–Trinajstić information content (AvgIpc) is 2.40. The van der Waals surface area contributed by atoms with Crippen LogP contribution in [-0.2, 0) is 0 Å². The Balaban J connectivity index is 2.44. The van der Waals surface area contributed by atoms with E-state index in [0.717, 1.165) is 12.2 Å². The van der Waals surface area contributed by atoms with Crippen LogP contribution in [0.4, 0.5) is 10.5 Å². The van der Waals surface area contributed by atoms with Gasteiger partial charge in [-0.3, -0.25) is 0 Å². The molecule has 2 N–H and O–H groups in total. The lowest BCUT2D eigenvalue weighted by Gasteiger charge is -2.16. The summed E-state index contributed by atoms with van der Waals surface area (Å²) in [4.78, 5) is 13.1. The first-order chi connectivity index (χ1) is 9.52. The minimum absolute atomic E-state index is 0.0491. The Labute approximate surface area is 120 Å². The summed E-state index contributed by atoms with van der Waals surface area (Å²) in [7, 11) is 1.63. The molecule has 0 saturated heterocycles. The third-order valence-corrected chi connectivity index (χ3v) is 2.85. The second kappa shape index (κ2) is 8.43. The van der Waals surface area contributed by atoms with Gasteiger partial charge >= 0.3 is 6.03 Å². The number of aliphatic hydroxyl groups is 1. The van der Waals surface area contributed by atoms with Gasteiger partial charge in [0.25, 0.3) is 0 Å². The van der Waals surface area contributed by atoms with Gasteiger partial charge in [0.2, 0.25) is 0 Å². The summed E-state index contributed by atoms with van der Waals surface area (Å²) in [6.45, 7) is 5.27. The Morgan fingerprint density at radius 3 is 2.55 bits per heavy atom. The van der Waals surface area contributed by atoms with Crippen molar-refractivity contribution in [1.82, 2.24) is 4.90 Å². The van der Waals surface area contributed by atoms with Crippen LogP contribution in [0.25, 0.3) is 0 Å². The number of likely N-dealkylation sites (N-methyl/N-ethyl adjacent to an activating group) is 1. The molecule has 20 heavy (non-hydrogen) atoms. The first kappa shape index (κ1) is 16.3. The van der Waals surface area contributed by atoms with Crippen molar-refractivity contribution in [1.29, 1.82) is 0 Å². The lowest BCUT2D eigenvalue weighted by molar-refractivity contribution is 0.202. The maximum absolute atomic E-state index is 11.7. The molecule has 0 unspecified atom stereocenters. The van der Waals surface area contributed by atoms with Gasteiger partial charge in [-0.05, 0) is 36.6 Å². The van der Waals surface area contributed by atoms with Gasteiger partial charge in [-0.2, -0.15) is 0 Å². The zero-order valence-corrected chi connectivity index (χ0v) is 12.4. The van der Waals surface area contributed by atoms with Crippen LogP contribution in [-0.4, -0.2) is 42.8 Å². The minimum atomic E-state index is -0.243. The van der Waals surface area contributed by atoms with E-state index in [2.05, 4.69) is 19.2 Å². The van der Waals surface area contributed by atoms with E-state index in [-0.39, 0.29) is 12.6 Å². The zero-order valence-electron chi connectivity index (χ0n) is 12.4. The summed E-state index contributed by atoms with van der Waals surface area (Å²) in [5.74, 6) is 1.42. The Bertz CT molecular complexity index is 404. The number of urea groups is 1. The number of nitrogens with one attached hydrogen (secondary N) is 1. The highest BCUT2D eigenvalue weighted by Crippen LogP contribution is 2.16. The Kier molecular flexibility index (Phi) is 6.87. The second-order valence-corrected chi connectivity index (χ2v) is 5.13. The van der Waals surface area contributed by atoms with Crippen molar-refractivity contribution < 1.29 is 14.6 Å². The van der Waals surface area contributed by atoms with Gasteiger partial charge in [0, 0.05) is 19.3 Å². The summed E-state index contributed by atoms with van der Waals surface area (Å²) < 4.78 is 5.61. The van der Waals surface area contributed by atoms with Crippen LogP contribution in [0.3, 0.4) is 0 Å². The first-order valence-electron chi connectivity index (χ1n) is 6.88. The van der Waals surface area contributed by atoms with E-state index in [0.29, 0.717) is 24.8 Å². The van der Waals surface area contributed by atoms with Crippen LogP contribution in [0, 0.1) is 5.92 Å². The first-order valence-corrected chi connectivity index (χ1v) is 6.88. The van der Waals surface area contributed by atoms with Crippen molar-refractivity contribution in [3.63, 3.8) is 0 Å². The Morgan fingerprint density at radius 2 is 2.00 bits per heavy atom. The Morgan fingerprint density at radius 1 is 1.35 bits per heavy atom. The van der Waals surface area contributed by atoms with Crippen molar-refractivity contribution >= 4 is 11.7 Å². The third-order valence-electron chi connectivity index (χ3n) is 2.85. The van der Waals surface area contributed by atoms with E-state index in [1.807, 2.05) is 12.1 Å². The van der Waals surface area contributed by atoms with Crippen LogP contribution < -0.4 is 10.1 Å². The molecule has 0 fully saturated rings. The predicted molar refractivity (Wildman–Crippen MR) is 80.1 cm³/mol. The van der Waals surface area contributed by atoms with Crippen molar-refractivity contribution in [2.75, 3.05) is 32.1 Å². The van der Waals surface area contributed by atoms with Crippen LogP contribution >= 0.6 is 0 Å². The van der Waals surface area contributed by atoms with Crippen LogP contribution in [0.15, 0.2) is 24.3 Å². The monoisotopic (exact) mass is 280 g/mol. The molecule has 0 aliphatic rings. The lowest BCUT2D eigenvalue weighted by Crippen LogP contribution is -2.33. The minimum Gasteiger partial charge on any atom is -0.494 e. The van der Waals surface area contributed by atoms with Crippen molar-refractivity contribution in [3.05, 3.63) is 24.3 Å². The summed E-state index contributed by atoms with van der Waals surface area (Å²) >= 11 is 0. The zero-order chi connectivity index (χ0) is 15.0. The van der Waals surface area contributed by atoms with Crippen LogP contribution in [0.2, 0.25) is 0 Å². The number of nitrogens with zero attached hydrogens (tertiary/aromatic N) is 1. The number of anilines is 1. The Hall–Kier alpha value is -1.75. The molecule has 0 heterocycles. The second-order valence-electron chi connectivity index (χ2n) is 5.13. The molecule has 0 bridgehead atoms. The molecule has 5 nitrogen and oxygen atoms in total. The maximum atomic E-state index is 11.7. The van der Waals surface area contributed by atoms with E-state index in [1.165, 1.54) is 4.90 Å². The molecule has 1 aromatic carbocycles. The SMILES string of the molecule is CC(C)CCOc1ccc(NC(=O)N(C)CCO)cc1. The quantitative estimate of drug-likeness (QED) is 0.807. The number of ether oxygens (including phenoxy) is 1. The van der Waals surface area contributed by atoms with Gasteiger partial charge in [-0.15, -0.1) is 0 Å². The van der Waals surface area contributed by atoms with E-state index in [1.54, 1.807) is 19.2 Å². The molecule has 0 radical (unpaired) electrons. The summed E-state index contributed by atoms with van der Waals surface area (Å²) in [5, 5.41) is 11.5. The van der Waals surface area contributed by atoms with Crippen LogP contribution in [0.5, 0.6) is 5.75 Å². The number of carbonyl (C=O) groups excluding carboxylic acids is 1. The fourth-order valence-corrected chi connectivity index (χ4v) is 1.52. The number of amides is 2. The van der Waals surface area contributed by atoms with E-state index >= 15 is 0 Å². The standard InChI is InChI=1S/C15H24N2O3/c1-12(2)8-11-20-14-6-4-13(5-7-14)16-15(19)17(3)9-10-18/h4-7,12,18H,8-11H2,1-3H3,(H,16,19). The number of aliphatic hydroxyl groups excluding tert-OH is 1. The van der Waals surface area contributed by atoms with E-state index in [9.17, 15) is 4.79 Å². The van der Waals surface area contributed by atoms with Gasteiger partial charge in [0.15, 0.2) is 0 Å². The molecule has 0 aromatic heterocycles. The molecule has 0 saturated carbocycles. The number of benzene rings is 1. The summed E-state index contributed by atoms with van der Waals surface area (Å²) in [6.07, 6.45) is 1.02. The fourth-order valence-electron chi connectivity index (χ4n) is 1.52. The average molecular weight is 280 g/mol. The van der Waals surface area contributed by atoms with Gasteiger partial charge in [-0.25, -0.2) is 4.79 Å². The molecule has 2 amide bonds. The van der Waals surface area contributed by atoms with Crippen molar-refractivity contribution in [3.8, 4) is 5.75 Å². The molecular formula is C15H24N2O3. The highest BCUT2D eigenvalue weighted by molar-refractivity contribution is 5.89. The van der Waals surface area contributed by atoms with Crippen molar-refractivity contribution in [2.45, 2.75) is 20.3 Å². The van der Waals surface area contributed by atoms with E-state index < -0.39 is 0 Å². The number of carbonyl (C=O) groups is 1. The van der Waals surface area contributed by atoms with Gasteiger partial charge < -0.3 is 20.1 Å². The predicted octanol–water partition coefficient (Wildman–Crippen LogP) is 2.57. The number of rotatable bonds is 7. The fraction of sp³-hybridized carbons (Fsp3) is 0.533. The topological polar surface area (TPSA) is 61.8 Å². The van der Waals surface area contributed by atoms with Gasteiger partial charge in [-0.1, -0.05) is 13.8 Å².